The average Bonchev–Trinajstić information content (AvgIpc) is 2.52. The second-order valence-electron chi connectivity index (χ2n) is 6.11. The van der Waals surface area contributed by atoms with Gasteiger partial charge < -0.3 is 0 Å². The molecule has 3 aliphatic rings. The van der Waals surface area contributed by atoms with E-state index in [1.807, 2.05) is 0 Å². The van der Waals surface area contributed by atoms with Crippen molar-refractivity contribution >= 4 is 5.71 Å². The normalized spacial score (nSPS) is 27.6. The summed E-state index contributed by atoms with van der Waals surface area (Å²) in [6.07, 6.45) is 2.48. The molecule has 0 N–H and O–H groups in total. The van der Waals surface area contributed by atoms with Crippen LogP contribution in [-0.2, 0) is 5.41 Å². The Hall–Kier alpha value is -1.89. The van der Waals surface area contributed by atoms with Crippen LogP contribution in [0.3, 0.4) is 0 Å². The third kappa shape index (κ3) is 1.30. The minimum absolute atomic E-state index is 0.0847. The van der Waals surface area contributed by atoms with Gasteiger partial charge in [0.2, 0.25) is 0 Å². The van der Waals surface area contributed by atoms with Crippen LogP contribution in [0.25, 0.3) is 0 Å². The molecule has 2 aliphatic heterocycles. The number of rotatable bonds is 1. The Morgan fingerprint density at radius 1 is 1.00 bits per heavy atom. The SMILES string of the molecule is CC1=[N+](C)C2CCC1(c1ccccc1)c1ccccc12. The maximum absolute atomic E-state index is 2.50. The van der Waals surface area contributed by atoms with E-state index in [4.69, 9.17) is 0 Å². The van der Waals surface area contributed by atoms with Crippen LogP contribution in [0.4, 0.5) is 0 Å². The van der Waals surface area contributed by atoms with Crippen molar-refractivity contribution in [2.75, 3.05) is 7.05 Å². The van der Waals surface area contributed by atoms with Gasteiger partial charge in [0.05, 0.1) is 0 Å². The smallest absolute Gasteiger partial charge is 0.178 e. The van der Waals surface area contributed by atoms with Crippen LogP contribution in [-0.4, -0.2) is 17.3 Å². The molecule has 0 saturated heterocycles. The molecule has 0 saturated carbocycles. The maximum atomic E-state index is 2.50. The van der Waals surface area contributed by atoms with Crippen LogP contribution in [0.5, 0.6) is 0 Å². The molecule has 0 spiro atoms. The summed E-state index contributed by atoms with van der Waals surface area (Å²) in [7, 11) is 2.26. The summed E-state index contributed by atoms with van der Waals surface area (Å²) in [5, 5.41) is 0. The molecule has 2 bridgehead atoms. The summed E-state index contributed by atoms with van der Waals surface area (Å²) in [5.41, 5.74) is 6.07. The number of hydrogen-bond acceptors (Lipinski definition) is 0. The molecule has 5 rings (SSSR count). The summed E-state index contributed by atoms with van der Waals surface area (Å²) in [5.74, 6) is 0. The lowest BCUT2D eigenvalue weighted by Gasteiger charge is -2.44. The highest BCUT2D eigenvalue weighted by atomic mass is 15.1. The first-order valence-electron chi connectivity index (χ1n) is 7.47. The van der Waals surface area contributed by atoms with Crippen molar-refractivity contribution in [1.29, 1.82) is 0 Å². The molecule has 2 aromatic carbocycles. The fraction of sp³-hybridized carbons (Fsp3) is 0.316. The first-order chi connectivity index (χ1) is 9.75. The lowest BCUT2D eigenvalue weighted by atomic mass is 9.60. The van der Waals surface area contributed by atoms with E-state index in [0.29, 0.717) is 6.04 Å². The number of hydrogen-bond donors (Lipinski definition) is 0. The van der Waals surface area contributed by atoms with Gasteiger partial charge >= 0.3 is 0 Å². The van der Waals surface area contributed by atoms with Gasteiger partial charge in [-0.3, -0.25) is 0 Å². The van der Waals surface area contributed by atoms with Crippen molar-refractivity contribution in [2.45, 2.75) is 31.2 Å². The van der Waals surface area contributed by atoms with Gasteiger partial charge in [-0.05, 0) is 17.5 Å². The van der Waals surface area contributed by atoms with Crippen LogP contribution in [0.2, 0.25) is 0 Å². The Labute approximate surface area is 120 Å². The molecule has 0 aromatic heterocycles. The van der Waals surface area contributed by atoms with Crippen LogP contribution in [0.15, 0.2) is 54.6 Å². The van der Waals surface area contributed by atoms with E-state index in [2.05, 4.69) is 73.1 Å². The van der Waals surface area contributed by atoms with Crippen molar-refractivity contribution in [3.05, 3.63) is 71.3 Å². The van der Waals surface area contributed by atoms with Crippen LogP contribution >= 0.6 is 0 Å². The molecule has 2 unspecified atom stereocenters. The lowest BCUT2D eigenvalue weighted by molar-refractivity contribution is -0.557. The molecule has 2 atom stereocenters. The summed E-state index contributed by atoms with van der Waals surface area (Å²) >= 11 is 0. The van der Waals surface area contributed by atoms with Crippen molar-refractivity contribution in [3.8, 4) is 0 Å². The van der Waals surface area contributed by atoms with Crippen LogP contribution < -0.4 is 0 Å². The van der Waals surface area contributed by atoms with E-state index >= 15 is 0 Å². The Bertz CT molecular complexity index is 699. The zero-order chi connectivity index (χ0) is 13.7. The first-order valence-corrected chi connectivity index (χ1v) is 7.47. The number of nitrogens with zero attached hydrogens (tertiary/aromatic N) is 1. The minimum Gasteiger partial charge on any atom is -0.232 e. The van der Waals surface area contributed by atoms with Gasteiger partial charge in [0.25, 0.3) is 0 Å². The predicted molar refractivity (Wildman–Crippen MR) is 82.5 cm³/mol. The predicted octanol–water partition coefficient (Wildman–Crippen LogP) is 3.92. The maximum Gasteiger partial charge on any atom is 0.178 e. The highest BCUT2D eigenvalue weighted by molar-refractivity contribution is 5.95. The van der Waals surface area contributed by atoms with E-state index in [1.54, 1.807) is 0 Å². The Morgan fingerprint density at radius 3 is 2.50 bits per heavy atom. The molecule has 1 aliphatic carbocycles. The molecular weight excluding hydrogens is 242 g/mol. The highest BCUT2D eigenvalue weighted by Gasteiger charge is 2.53. The van der Waals surface area contributed by atoms with E-state index in [1.165, 1.54) is 35.2 Å². The third-order valence-electron chi connectivity index (χ3n) is 5.45. The molecule has 0 fully saturated rings. The molecule has 2 aromatic rings. The first kappa shape index (κ1) is 11.9. The fourth-order valence-electron chi connectivity index (χ4n) is 4.36. The van der Waals surface area contributed by atoms with E-state index in [9.17, 15) is 0 Å². The summed E-state index contributed by atoms with van der Waals surface area (Å²) in [6.45, 7) is 2.31. The average molecular weight is 262 g/mol. The zero-order valence-corrected chi connectivity index (χ0v) is 12.1. The van der Waals surface area contributed by atoms with Crippen molar-refractivity contribution in [3.63, 3.8) is 0 Å². The van der Waals surface area contributed by atoms with Gasteiger partial charge in [-0.1, -0.05) is 54.6 Å². The number of benzene rings is 2. The van der Waals surface area contributed by atoms with Gasteiger partial charge in [-0.15, -0.1) is 0 Å². The molecule has 100 valence electrons. The molecular formula is C19H20N+. The van der Waals surface area contributed by atoms with Crippen molar-refractivity contribution < 1.29 is 4.58 Å². The van der Waals surface area contributed by atoms with E-state index in [0.717, 1.165) is 0 Å². The standard InChI is InChI=1S/C19H20N/c1-14-19(15-8-4-3-5-9-15)13-12-18(20(14)2)16-10-6-7-11-17(16)19/h3-11,18H,12-13H2,1-2H3/q+1. The second-order valence-corrected chi connectivity index (χ2v) is 6.11. The molecule has 2 heterocycles. The van der Waals surface area contributed by atoms with Crippen LogP contribution in [0, 0.1) is 0 Å². The number of fused-ring (bicyclic) bond motifs is 1. The highest BCUT2D eigenvalue weighted by Crippen LogP contribution is 2.51. The molecule has 1 heteroatoms. The van der Waals surface area contributed by atoms with Gasteiger partial charge in [0, 0.05) is 18.9 Å². The molecule has 20 heavy (non-hydrogen) atoms. The summed E-state index contributed by atoms with van der Waals surface area (Å²) < 4.78 is 2.50. The zero-order valence-electron chi connectivity index (χ0n) is 12.1. The summed E-state index contributed by atoms with van der Waals surface area (Å²) in [4.78, 5) is 0. The van der Waals surface area contributed by atoms with Gasteiger partial charge in [-0.25, -0.2) is 4.58 Å². The fourth-order valence-corrected chi connectivity index (χ4v) is 4.36. The lowest BCUT2D eigenvalue weighted by Crippen LogP contribution is -2.50. The Balaban J connectivity index is 2.08. The largest absolute Gasteiger partial charge is 0.232 e. The topological polar surface area (TPSA) is 3.01 Å². The monoisotopic (exact) mass is 262 g/mol. The summed E-state index contributed by atoms with van der Waals surface area (Å²) in [6, 6.07) is 20.6. The van der Waals surface area contributed by atoms with E-state index in [-0.39, 0.29) is 5.41 Å². The Kier molecular flexibility index (Phi) is 2.41. The molecule has 1 nitrogen and oxygen atoms in total. The van der Waals surface area contributed by atoms with Crippen molar-refractivity contribution in [2.24, 2.45) is 0 Å². The quantitative estimate of drug-likeness (QED) is 0.685. The molecule has 0 radical (unpaired) electrons. The molecule has 0 amide bonds. The van der Waals surface area contributed by atoms with E-state index < -0.39 is 0 Å². The van der Waals surface area contributed by atoms with Gasteiger partial charge in [0.15, 0.2) is 11.8 Å². The van der Waals surface area contributed by atoms with Gasteiger partial charge in [0.1, 0.15) is 12.5 Å². The van der Waals surface area contributed by atoms with Gasteiger partial charge in [-0.2, -0.15) is 0 Å². The van der Waals surface area contributed by atoms with Crippen molar-refractivity contribution in [1.82, 2.24) is 0 Å². The third-order valence-corrected chi connectivity index (χ3v) is 5.45. The minimum atomic E-state index is 0.0847. The Morgan fingerprint density at radius 2 is 1.70 bits per heavy atom. The van der Waals surface area contributed by atoms with Crippen LogP contribution in [0.1, 0.15) is 42.5 Å². The second kappa shape index (κ2) is 4.05.